The third-order valence-electron chi connectivity index (χ3n) is 5.58. The van der Waals surface area contributed by atoms with Crippen LogP contribution in [0.25, 0.3) is 11.1 Å². The molecule has 0 saturated carbocycles. The molecule has 4 heteroatoms. The molecule has 4 aromatic rings. The van der Waals surface area contributed by atoms with Gasteiger partial charge in [-0.2, -0.15) is 6.08 Å². The quantitative estimate of drug-likeness (QED) is 0.190. The summed E-state index contributed by atoms with van der Waals surface area (Å²) in [4.78, 5) is 0. The topological polar surface area (TPSA) is 20.2 Å². The fraction of sp³-hybridized carbons (Fsp3) is 0.147. The molecule has 1 aliphatic rings. The Morgan fingerprint density at radius 2 is 1.16 bits per heavy atom. The van der Waals surface area contributed by atoms with Gasteiger partial charge in [-0.25, -0.2) is 11.6 Å². The molecule has 195 valence electrons. The Hall–Kier alpha value is -2.68. The summed E-state index contributed by atoms with van der Waals surface area (Å²) in [6.45, 7) is 6.64. The standard InChI is InChI=1S/C13H10.C12H10O.C9H13.2ClH.Ti/c1-3-7-12(8-4-1)11-13-9-5-2-6-10-13;13-12-8-4-7-11(9-12)10-5-2-1-3-6-10;1-9(2,3)8-6-4-5-7-8;;;/h1-10H;1-9,13H;4,6H,5H2,1-3H3;2*1H;/q;;-1;;;+1. The molecular weight excluding hydrogens is 543 g/mol. The number of halogens is 2. The summed E-state index contributed by atoms with van der Waals surface area (Å²) in [5, 5.41) is 9.27. The van der Waals surface area contributed by atoms with Crippen molar-refractivity contribution in [2.24, 2.45) is 5.41 Å². The molecule has 0 radical (unpaired) electrons. The van der Waals surface area contributed by atoms with Crippen molar-refractivity contribution in [1.82, 2.24) is 0 Å². The molecule has 38 heavy (non-hydrogen) atoms. The predicted molar refractivity (Wildman–Crippen MR) is 164 cm³/mol. The van der Waals surface area contributed by atoms with E-state index >= 15 is 0 Å². The Labute approximate surface area is 252 Å². The first-order valence-corrected chi connectivity index (χ1v) is 12.9. The summed E-state index contributed by atoms with van der Waals surface area (Å²) < 4.78 is 1.33. The first-order valence-electron chi connectivity index (χ1n) is 12.2. The van der Waals surface area contributed by atoms with Crippen LogP contribution in [0.1, 0.15) is 38.3 Å². The van der Waals surface area contributed by atoms with Crippen LogP contribution < -0.4 is 0 Å². The van der Waals surface area contributed by atoms with E-state index in [0.717, 1.165) is 17.5 Å². The Morgan fingerprint density at radius 1 is 0.684 bits per heavy atom. The van der Waals surface area contributed by atoms with E-state index in [1.54, 1.807) is 12.1 Å². The number of phenols is 1. The zero-order chi connectivity index (χ0) is 25.8. The van der Waals surface area contributed by atoms with Crippen LogP contribution in [0, 0.1) is 11.5 Å². The Balaban J connectivity index is 0.000000284. The number of allylic oxidation sites excluding steroid dienone is 4. The van der Waals surface area contributed by atoms with Crippen molar-refractivity contribution in [3.05, 3.63) is 150 Å². The van der Waals surface area contributed by atoms with Crippen LogP contribution in [0.4, 0.5) is 0 Å². The van der Waals surface area contributed by atoms with Crippen LogP contribution in [0.15, 0.2) is 133 Å². The minimum absolute atomic E-state index is 0. The summed E-state index contributed by atoms with van der Waals surface area (Å²) in [6.07, 6.45) is 8.63. The van der Waals surface area contributed by atoms with Crippen molar-refractivity contribution in [2.45, 2.75) is 27.2 Å². The van der Waals surface area contributed by atoms with E-state index in [9.17, 15) is 5.11 Å². The van der Waals surface area contributed by atoms with Gasteiger partial charge in [0.05, 0.1) is 0 Å². The van der Waals surface area contributed by atoms with Gasteiger partial charge in [0.2, 0.25) is 0 Å². The molecule has 0 heterocycles. The van der Waals surface area contributed by atoms with E-state index in [1.807, 2.05) is 54.6 Å². The SMILES string of the molecule is CC(C)(C)C1=[C-]CC=C1.Cl.Cl.Oc1cccc(-c2ccccc2)c1.[Ti+]=[C](c1ccccc1)c1ccccc1. The molecule has 1 aliphatic carbocycles. The molecule has 0 saturated heterocycles. The monoisotopic (exact) mass is 577 g/mol. The van der Waals surface area contributed by atoms with E-state index in [0.29, 0.717) is 11.2 Å². The number of phenolic OH excluding ortho intramolecular Hbond substituents is 1. The molecule has 0 aromatic heterocycles. The Morgan fingerprint density at radius 3 is 1.55 bits per heavy atom. The Bertz CT molecular complexity index is 1250. The van der Waals surface area contributed by atoms with Gasteiger partial charge >= 0.3 is 95.6 Å². The van der Waals surface area contributed by atoms with E-state index in [1.165, 1.54) is 20.5 Å². The molecule has 4 aromatic carbocycles. The fourth-order valence-corrected chi connectivity index (χ4v) is 4.13. The third-order valence-corrected chi connectivity index (χ3v) is 6.48. The van der Waals surface area contributed by atoms with Crippen molar-refractivity contribution < 1.29 is 25.1 Å². The second-order valence-corrected chi connectivity index (χ2v) is 10.3. The van der Waals surface area contributed by atoms with E-state index in [4.69, 9.17) is 0 Å². The first kappa shape index (κ1) is 33.4. The van der Waals surface area contributed by atoms with Crippen molar-refractivity contribution >= 4 is 28.6 Å². The molecule has 0 fully saturated rings. The van der Waals surface area contributed by atoms with Crippen LogP contribution in [-0.4, -0.2) is 8.92 Å². The molecular formula is C34H35Cl2OTi. The molecule has 0 atom stereocenters. The van der Waals surface area contributed by atoms with E-state index in [-0.39, 0.29) is 24.8 Å². The zero-order valence-corrected chi connectivity index (χ0v) is 25.3. The summed E-state index contributed by atoms with van der Waals surface area (Å²) in [6, 6.07) is 38.2. The number of hydrogen-bond donors (Lipinski definition) is 1. The van der Waals surface area contributed by atoms with Gasteiger partial charge in [-0.1, -0.05) is 63.2 Å². The van der Waals surface area contributed by atoms with Gasteiger partial charge in [0.1, 0.15) is 5.75 Å². The normalized spacial score (nSPS) is 11.3. The van der Waals surface area contributed by atoms with Crippen LogP contribution in [0.3, 0.4) is 0 Å². The van der Waals surface area contributed by atoms with Crippen LogP contribution in [-0.2, 0) is 20.0 Å². The van der Waals surface area contributed by atoms with Gasteiger partial charge in [0.15, 0.2) is 0 Å². The minimum atomic E-state index is 0. The Kier molecular flexibility index (Phi) is 14.9. The first-order chi connectivity index (χ1) is 17.3. The molecule has 1 N–H and O–H groups in total. The second-order valence-electron chi connectivity index (χ2n) is 9.47. The van der Waals surface area contributed by atoms with Crippen molar-refractivity contribution in [3.8, 4) is 16.9 Å². The molecule has 0 bridgehead atoms. The summed E-state index contributed by atoms with van der Waals surface area (Å²) >= 11 is 2.16. The van der Waals surface area contributed by atoms with Crippen molar-refractivity contribution in [3.63, 3.8) is 0 Å². The van der Waals surface area contributed by atoms with E-state index in [2.05, 4.69) is 108 Å². The van der Waals surface area contributed by atoms with Crippen molar-refractivity contribution in [1.29, 1.82) is 0 Å². The average molecular weight is 578 g/mol. The maximum atomic E-state index is 9.27. The molecule has 0 spiro atoms. The number of benzene rings is 4. The van der Waals surface area contributed by atoms with Gasteiger partial charge < -0.3 is 5.11 Å². The van der Waals surface area contributed by atoms with Gasteiger partial charge in [-0.05, 0) is 28.7 Å². The summed E-state index contributed by atoms with van der Waals surface area (Å²) in [5.74, 6) is 0.307. The van der Waals surface area contributed by atoms with Gasteiger partial charge in [-0.15, -0.1) is 31.2 Å². The molecule has 0 aliphatic heterocycles. The van der Waals surface area contributed by atoms with Crippen LogP contribution >= 0.6 is 24.8 Å². The number of rotatable bonds is 3. The molecule has 5 rings (SSSR count). The van der Waals surface area contributed by atoms with Gasteiger partial charge in [0.25, 0.3) is 0 Å². The van der Waals surface area contributed by atoms with Crippen molar-refractivity contribution in [2.75, 3.05) is 0 Å². The molecule has 1 nitrogen and oxygen atoms in total. The zero-order valence-electron chi connectivity index (χ0n) is 22.1. The molecule has 0 amide bonds. The molecule has 0 unspecified atom stereocenters. The average Bonchev–Trinajstić information content (AvgIpc) is 3.47. The summed E-state index contributed by atoms with van der Waals surface area (Å²) in [7, 11) is 0. The van der Waals surface area contributed by atoms with Gasteiger partial charge in [-0.3, -0.25) is 6.08 Å². The predicted octanol–water partition coefficient (Wildman–Crippen LogP) is 9.43. The summed E-state index contributed by atoms with van der Waals surface area (Å²) in [5.41, 5.74) is 6.39. The number of hydrogen-bond acceptors (Lipinski definition) is 1. The third kappa shape index (κ3) is 11.0. The van der Waals surface area contributed by atoms with E-state index < -0.39 is 0 Å². The fourth-order valence-electron chi connectivity index (χ4n) is 3.61. The second kappa shape index (κ2) is 17.0. The van der Waals surface area contributed by atoms with Crippen LogP contribution in [0.2, 0.25) is 0 Å². The maximum absolute atomic E-state index is 9.27. The van der Waals surface area contributed by atoms with Gasteiger partial charge in [0, 0.05) is 0 Å². The number of aromatic hydroxyl groups is 1. The van der Waals surface area contributed by atoms with Crippen LogP contribution in [0.5, 0.6) is 5.75 Å².